The van der Waals surface area contributed by atoms with Gasteiger partial charge in [-0.1, -0.05) is 23.7 Å². The first-order valence-corrected chi connectivity index (χ1v) is 13.2. The lowest BCUT2D eigenvalue weighted by Crippen LogP contribution is -2.16. The van der Waals surface area contributed by atoms with Gasteiger partial charge in [-0.25, -0.2) is 18.5 Å². The molecule has 11 heteroatoms. The first kappa shape index (κ1) is 26.6. The second kappa shape index (κ2) is 11.3. The number of nitrogens with zero attached hydrogens (tertiary/aromatic N) is 4. The topological polar surface area (TPSA) is 108 Å². The van der Waals surface area contributed by atoms with Crippen LogP contribution in [0.4, 0.5) is 23.1 Å². The molecule has 0 amide bonds. The number of hydrogen-bond donors (Lipinski definition) is 3. The van der Waals surface area contributed by atoms with Crippen molar-refractivity contribution >= 4 is 45.7 Å². The Morgan fingerprint density at radius 2 is 1.81 bits per heavy atom. The van der Waals surface area contributed by atoms with Gasteiger partial charge in [0.1, 0.15) is 27.6 Å². The maximum Gasteiger partial charge on any atom is 0.229 e. The highest BCUT2D eigenvalue weighted by atomic mass is 35.5. The number of para-hydroxylation sites is 1. The quantitative estimate of drug-likeness (QED) is 0.239. The number of imidazole rings is 1. The van der Waals surface area contributed by atoms with Gasteiger partial charge in [0, 0.05) is 5.56 Å². The van der Waals surface area contributed by atoms with E-state index in [1.54, 1.807) is 30.7 Å². The minimum atomic E-state index is -1.35. The molecule has 0 spiro atoms. The summed E-state index contributed by atoms with van der Waals surface area (Å²) in [5.41, 5.74) is 4.25. The summed E-state index contributed by atoms with van der Waals surface area (Å²) in [6, 6.07) is 11.3. The molecule has 1 unspecified atom stereocenters. The van der Waals surface area contributed by atoms with E-state index in [9.17, 15) is 4.21 Å². The summed E-state index contributed by atoms with van der Waals surface area (Å²) in [4.78, 5) is 17.2. The second-order valence-corrected chi connectivity index (χ2v) is 11.0. The number of rotatable bonds is 9. The molecule has 0 radical (unpaired) electrons. The monoisotopic (exact) mass is 539 g/mol. The molecule has 4 rings (SSSR count). The lowest BCUT2D eigenvalue weighted by molar-refractivity contribution is 0.243. The largest absolute Gasteiger partial charge is 0.489 e. The van der Waals surface area contributed by atoms with Gasteiger partial charge in [0.15, 0.2) is 5.82 Å². The van der Waals surface area contributed by atoms with Crippen molar-refractivity contribution in [1.82, 2.24) is 24.2 Å². The minimum Gasteiger partial charge on any atom is -0.489 e. The fraction of sp³-hybridized carbons (Fsp3) is 0.269. The number of aromatic nitrogens is 4. The van der Waals surface area contributed by atoms with E-state index in [0.717, 1.165) is 22.6 Å². The SMILES string of the molecule is Cc1ncc(-c2cc(Nc3ncc(Cl)c(Nc4ccccc4S(=O)N(C)C)n3)c(OC(C)C)cc2C)[nH]1. The normalized spacial score (nSPS) is 12.1. The highest BCUT2D eigenvalue weighted by molar-refractivity contribution is 7.82. The van der Waals surface area contributed by atoms with E-state index in [1.807, 2.05) is 58.0 Å². The summed E-state index contributed by atoms with van der Waals surface area (Å²) in [5, 5.41) is 6.82. The van der Waals surface area contributed by atoms with Crippen LogP contribution < -0.4 is 15.4 Å². The van der Waals surface area contributed by atoms with E-state index in [-0.39, 0.29) is 6.10 Å². The van der Waals surface area contributed by atoms with Gasteiger partial charge in [-0.15, -0.1) is 0 Å². The molecule has 1 atom stereocenters. The van der Waals surface area contributed by atoms with Crippen LogP contribution in [0.5, 0.6) is 5.75 Å². The number of anilines is 4. The highest BCUT2D eigenvalue weighted by Gasteiger charge is 2.17. The summed E-state index contributed by atoms with van der Waals surface area (Å²) in [5.74, 6) is 2.21. The molecule has 0 saturated heterocycles. The third-order valence-corrected chi connectivity index (χ3v) is 7.00. The number of hydrogen-bond acceptors (Lipinski definition) is 7. The molecule has 4 aromatic rings. The summed E-state index contributed by atoms with van der Waals surface area (Å²) in [6.07, 6.45) is 3.29. The maximum absolute atomic E-state index is 12.7. The van der Waals surface area contributed by atoms with Crippen molar-refractivity contribution in [1.29, 1.82) is 0 Å². The Labute approximate surface area is 224 Å². The number of H-pyrrole nitrogens is 1. The molecule has 2 aromatic heterocycles. The van der Waals surface area contributed by atoms with E-state index in [2.05, 4.69) is 30.6 Å². The molecule has 194 valence electrons. The van der Waals surface area contributed by atoms with Crippen molar-refractivity contribution < 1.29 is 8.95 Å². The number of nitrogens with one attached hydrogen (secondary N) is 3. The summed E-state index contributed by atoms with van der Waals surface area (Å²) in [7, 11) is 2.16. The maximum atomic E-state index is 12.7. The van der Waals surface area contributed by atoms with E-state index < -0.39 is 11.0 Å². The van der Waals surface area contributed by atoms with E-state index in [0.29, 0.717) is 38.8 Å². The van der Waals surface area contributed by atoms with Crippen LogP contribution >= 0.6 is 11.6 Å². The first-order valence-electron chi connectivity index (χ1n) is 11.7. The zero-order valence-electron chi connectivity index (χ0n) is 21.6. The lowest BCUT2D eigenvalue weighted by atomic mass is 10.0. The molecule has 2 aromatic carbocycles. The van der Waals surface area contributed by atoms with Crippen LogP contribution in [-0.2, 0) is 11.0 Å². The van der Waals surface area contributed by atoms with Gasteiger partial charge in [0.2, 0.25) is 5.95 Å². The third kappa shape index (κ3) is 6.27. The number of benzene rings is 2. The van der Waals surface area contributed by atoms with E-state index in [1.165, 1.54) is 6.20 Å². The molecule has 37 heavy (non-hydrogen) atoms. The van der Waals surface area contributed by atoms with Crippen LogP contribution in [-0.4, -0.2) is 48.6 Å². The van der Waals surface area contributed by atoms with Crippen LogP contribution in [0.25, 0.3) is 11.3 Å². The Bertz CT molecular complexity index is 1440. The predicted octanol–water partition coefficient (Wildman–Crippen LogP) is 6.00. The van der Waals surface area contributed by atoms with Gasteiger partial charge in [-0.3, -0.25) is 0 Å². The van der Waals surface area contributed by atoms with E-state index in [4.69, 9.17) is 16.3 Å². The number of ether oxygens (including phenoxy) is 1. The van der Waals surface area contributed by atoms with Crippen molar-refractivity contribution in [3.8, 4) is 17.0 Å². The van der Waals surface area contributed by atoms with Crippen molar-refractivity contribution in [3.05, 3.63) is 65.2 Å². The van der Waals surface area contributed by atoms with Gasteiger partial charge in [-0.05, 0) is 71.6 Å². The highest BCUT2D eigenvalue weighted by Crippen LogP contribution is 2.36. The number of aromatic amines is 1. The lowest BCUT2D eigenvalue weighted by Gasteiger charge is -2.18. The molecule has 0 saturated carbocycles. The van der Waals surface area contributed by atoms with Crippen LogP contribution in [0.1, 0.15) is 25.2 Å². The van der Waals surface area contributed by atoms with E-state index >= 15 is 0 Å². The fourth-order valence-corrected chi connectivity index (χ4v) is 4.69. The second-order valence-electron chi connectivity index (χ2n) is 8.91. The molecule has 0 aliphatic heterocycles. The van der Waals surface area contributed by atoms with Gasteiger partial charge < -0.3 is 20.4 Å². The Balaban J connectivity index is 1.70. The molecule has 3 N–H and O–H groups in total. The zero-order chi connectivity index (χ0) is 26.7. The van der Waals surface area contributed by atoms with Crippen LogP contribution in [0.2, 0.25) is 5.02 Å². The van der Waals surface area contributed by atoms with Crippen molar-refractivity contribution in [2.24, 2.45) is 0 Å². The standard InChI is InChI=1S/C26H30ClN7O2S/c1-15(2)36-23-11-16(3)18(22-14-28-17(4)30-22)12-21(23)32-26-29-13-19(27)25(33-26)31-20-9-7-8-10-24(20)37(35)34(5)6/h7-15H,1-6H3,(H,28,30)(H2,29,31,32,33). The summed E-state index contributed by atoms with van der Waals surface area (Å²) < 4.78 is 20.5. The predicted molar refractivity (Wildman–Crippen MR) is 149 cm³/mol. The van der Waals surface area contributed by atoms with Gasteiger partial charge in [-0.2, -0.15) is 4.98 Å². The molecular formula is C26H30ClN7O2S. The molecule has 0 fully saturated rings. The van der Waals surface area contributed by atoms with Crippen LogP contribution in [0.3, 0.4) is 0 Å². The van der Waals surface area contributed by atoms with Gasteiger partial charge in [0.05, 0.1) is 40.5 Å². The third-order valence-electron chi connectivity index (χ3n) is 5.33. The fourth-order valence-electron chi connectivity index (χ4n) is 3.66. The molecule has 0 aliphatic carbocycles. The van der Waals surface area contributed by atoms with Crippen LogP contribution in [0, 0.1) is 13.8 Å². The van der Waals surface area contributed by atoms with Crippen molar-refractivity contribution in [3.63, 3.8) is 0 Å². The average molecular weight is 540 g/mol. The van der Waals surface area contributed by atoms with Crippen molar-refractivity contribution in [2.45, 2.75) is 38.7 Å². The van der Waals surface area contributed by atoms with Gasteiger partial charge in [0.25, 0.3) is 0 Å². The van der Waals surface area contributed by atoms with Crippen molar-refractivity contribution in [2.75, 3.05) is 24.7 Å². The number of halogens is 1. The Hall–Kier alpha value is -3.47. The number of aryl methyl sites for hydroxylation is 2. The molecule has 0 aliphatic rings. The molecule has 2 heterocycles. The Morgan fingerprint density at radius 1 is 1.05 bits per heavy atom. The van der Waals surface area contributed by atoms with Crippen LogP contribution in [0.15, 0.2) is 53.7 Å². The van der Waals surface area contributed by atoms with Gasteiger partial charge >= 0.3 is 0 Å². The minimum absolute atomic E-state index is 0.0300. The summed E-state index contributed by atoms with van der Waals surface area (Å²) >= 11 is 6.43. The molecule has 0 bridgehead atoms. The first-order chi connectivity index (χ1) is 17.6. The summed E-state index contributed by atoms with van der Waals surface area (Å²) in [6.45, 7) is 7.89. The smallest absolute Gasteiger partial charge is 0.229 e. The average Bonchev–Trinajstić information content (AvgIpc) is 3.28. The Morgan fingerprint density at radius 3 is 2.49 bits per heavy atom. The Kier molecular flexibility index (Phi) is 8.11. The molecule has 9 nitrogen and oxygen atoms in total. The zero-order valence-corrected chi connectivity index (χ0v) is 23.2. The molecular weight excluding hydrogens is 510 g/mol.